The van der Waals surface area contributed by atoms with E-state index in [0.29, 0.717) is 5.57 Å². The Morgan fingerprint density at radius 2 is 1.74 bits per heavy atom. The van der Waals surface area contributed by atoms with Gasteiger partial charge in [0.05, 0.1) is 12.7 Å². The predicted molar refractivity (Wildman–Crippen MR) is 121 cm³/mol. The lowest BCUT2D eigenvalue weighted by Gasteiger charge is -2.20. The van der Waals surface area contributed by atoms with Crippen LogP contribution in [-0.4, -0.2) is 18.1 Å². The van der Waals surface area contributed by atoms with E-state index in [4.69, 9.17) is 4.74 Å². The van der Waals surface area contributed by atoms with Crippen molar-refractivity contribution in [2.24, 2.45) is 0 Å². The average Bonchev–Trinajstić information content (AvgIpc) is 3.22. The summed E-state index contributed by atoms with van der Waals surface area (Å²) in [5, 5.41) is 4.20. The molecule has 0 saturated heterocycles. The summed E-state index contributed by atoms with van der Waals surface area (Å²) in [6.45, 7) is 2.01. The van der Waals surface area contributed by atoms with Gasteiger partial charge in [-0.3, -0.25) is 0 Å². The normalized spacial score (nSPS) is 12.5. The van der Waals surface area contributed by atoms with Crippen LogP contribution < -0.4 is 5.32 Å². The number of methoxy groups -OCH3 is 1. The molecule has 1 aromatic heterocycles. The fourth-order valence-electron chi connectivity index (χ4n) is 3.70. The third-order valence-electron chi connectivity index (χ3n) is 5.31. The number of para-hydroxylation sites is 1. The number of fused-ring (bicyclic) bond motifs is 1. The van der Waals surface area contributed by atoms with E-state index in [-0.39, 0.29) is 5.82 Å². The highest BCUT2D eigenvalue weighted by molar-refractivity contribution is 5.94. The molecule has 0 saturated carbocycles. The quantitative estimate of drug-likeness (QED) is 0.304. The lowest BCUT2D eigenvalue weighted by molar-refractivity contribution is -0.136. The Balaban J connectivity index is 1.85. The van der Waals surface area contributed by atoms with Gasteiger partial charge in [0, 0.05) is 34.9 Å². The molecule has 0 amide bonds. The molecule has 3 aromatic carbocycles. The summed E-state index contributed by atoms with van der Waals surface area (Å²) in [4.78, 5) is 16.2. The molecule has 1 atom stereocenters. The maximum atomic E-state index is 13.6. The summed E-state index contributed by atoms with van der Waals surface area (Å²) >= 11 is 0. The third kappa shape index (κ3) is 4.36. The Bertz CT molecular complexity index is 1220. The number of hydrogen-bond donors (Lipinski definition) is 2. The highest BCUT2D eigenvalue weighted by Gasteiger charge is 2.27. The minimum absolute atomic E-state index is 0.331. The molecule has 0 bridgehead atoms. The molecular formula is C26H23FN2O2. The second kappa shape index (κ2) is 8.88. The number of benzene rings is 3. The topological polar surface area (TPSA) is 54.1 Å². The Hall–Kier alpha value is -3.86. The first-order chi connectivity index (χ1) is 15.1. The molecule has 0 radical (unpaired) electrons. The van der Waals surface area contributed by atoms with Crippen molar-refractivity contribution in [1.82, 2.24) is 4.98 Å². The van der Waals surface area contributed by atoms with Crippen LogP contribution in [0, 0.1) is 12.7 Å². The van der Waals surface area contributed by atoms with E-state index in [1.165, 1.54) is 19.2 Å². The Morgan fingerprint density at radius 3 is 2.45 bits per heavy atom. The van der Waals surface area contributed by atoms with Crippen LogP contribution in [0.3, 0.4) is 0 Å². The summed E-state index contributed by atoms with van der Waals surface area (Å²) in [5.41, 5.74) is 5.06. The van der Waals surface area contributed by atoms with Crippen molar-refractivity contribution in [1.29, 1.82) is 0 Å². The van der Waals surface area contributed by atoms with Gasteiger partial charge in [0.1, 0.15) is 5.82 Å². The van der Waals surface area contributed by atoms with Gasteiger partial charge in [-0.15, -0.1) is 0 Å². The summed E-state index contributed by atoms with van der Waals surface area (Å²) in [5.74, 6) is -1.25. The second-order valence-electron chi connectivity index (χ2n) is 7.38. The van der Waals surface area contributed by atoms with Crippen molar-refractivity contribution < 1.29 is 13.9 Å². The van der Waals surface area contributed by atoms with Gasteiger partial charge in [-0.1, -0.05) is 48.0 Å². The van der Waals surface area contributed by atoms with Gasteiger partial charge >= 0.3 is 5.97 Å². The summed E-state index contributed by atoms with van der Waals surface area (Å²) < 4.78 is 18.8. The van der Waals surface area contributed by atoms with Gasteiger partial charge in [-0.05, 0) is 48.4 Å². The number of hydrogen-bond acceptors (Lipinski definition) is 3. The molecule has 4 aromatic rings. The molecule has 1 unspecified atom stereocenters. The smallest absolute Gasteiger partial charge is 0.336 e. The zero-order valence-electron chi connectivity index (χ0n) is 17.4. The van der Waals surface area contributed by atoms with Crippen LogP contribution in [0.5, 0.6) is 0 Å². The van der Waals surface area contributed by atoms with Crippen molar-refractivity contribution in [3.05, 3.63) is 113 Å². The van der Waals surface area contributed by atoms with Crippen LogP contribution in [0.15, 0.2) is 90.8 Å². The van der Waals surface area contributed by atoms with E-state index in [2.05, 4.69) is 10.3 Å². The number of anilines is 1. The number of rotatable bonds is 6. The van der Waals surface area contributed by atoms with Gasteiger partial charge < -0.3 is 15.0 Å². The molecule has 156 valence electrons. The van der Waals surface area contributed by atoms with Crippen molar-refractivity contribution in [3.63, 3.8) is 0 Å². The first kappa shape index (κ1) is 20.4. The number of halogens is 1. The molecule has 1 heterocycles. The second-order valence-corrected chi connectivity index (χ2v) is 7.38. The van der Waals surface area contributed by atoms with Crippen molar-refractivity contribution in [2.75, 3.05) is 12.4 Å². The molecule has 0 aliphatic carbocycles. The maximum Gasteiger partial charge on any atom is 0.336 e. The zero-order valence-corrected chi connectivity index (χ0v) is 17.4. The number of nitrogens with one attached hydrogen (secondary N) is 2. The molecule has 0 aliphatic rings. The van der Waals surface area contributed by atoms with E-state index in [9.17, 15) is 9.18 Å². The number of carbonyl (C=O) groups excluding carboxylic acids is 1. The van der Waals surface area contributed by atoms with Crippen molar-refractivity contribution >= 4 is 22.6 Å². The largest absolute Gasteiger partial charge is 0.466 e. The Morgan fingerprint density at radius 1 is 1.03 bits per heavy atom. The third-order valence-corrected chi connectivity index (χ3v) is 5.31. The molecule has 2 N–H and O–H groups in total. The van der Waals surface area contributed by atoms with E-state index in [0.717, 1.165) is 33.3 Å². The van der Waals surface area contributed by atoms with Crippen LogP contribution in [0.1, 0.15) is 22.6 Å². The Labute approximate surface area is 180 Å². The minimum atomic E-state index is -0.459. The highest BCUT2D eigenvalue weighted by atomic mass is 19.1. The number of aryl methyl sites for hydroxylation is 1. The Kier molecular flexibility index (Phi) is 5.85. The van der Waals surface area contributed by atoms with Crippen LogP contribution in [-0.2, 0) is 9.53 Å². The summed E-state index contributed by atoms with van der Waals surface area (Å²) in [6, 6.07) is 22.0. The predicted octanol–water partition coefficient (Wildman–Crippen LogP) is 5.92. The first-order valence-corrected chi connectivity index (χ1v) is 10.00. The van der Waals surface area contributed by atoms with Crippen LogP contribution in [0.2, 0.25) is 0 Å². The van der Waals surface area contributed by atoms with Crippen LogP contribution in [0.4, 0.5) is 10.1 Å². The van der Waals surface area contributed by atoms with E-state index >= 15 is 0 Å². The monoisotopic (exact) mass is 414 g/mol. The standard InChI is InChI=1S/C26H23FN2O2/c1-17-7-13-20(14-8-17)28-16-23(26(30)31-2)25(18-9-11-19(27)12-10-18)22-15-29-24-6-4-3-5-21(22)24/h3-16,25,28-29H,1-2H3/b23-16-. The SMILES string of the molecule is COC(=O)/C(=C\Nc1ccc(C)cc1)C(c1ccc(F)cc1)c1c[nH]c2ccccc12. The van der Waals surface area contributed by atoms with Gasteiger partial charge in [0.15, 0.2) is 0 Å². The molecule has 4 nitrogen and oxygen atoms in total. The average molecular weight is 414 g/mol. The lowest BCUT2D eigenvalue weighted by Crippen LogP contribution is -2.16. The molecular weight excluding hydrogens is 391 g/mol. The van der Waals surface area contributed by atoms with Crippen molar-refractivity contribution in [3.8, 4) is 0 Å². The highest BCUT2D eigenvalue weighted by Crippen LogP contribution is 2.37. The number of ether oxygens (including phenoxy) is 1. The van der Waals surface area contributed by atoms with Crippen molar-refractivity contribution in [2.45, 2.75) is 12.8 Å². The fraction of sp³-hybridized carbons (Fsp3) is 0.115. The van der Waals surface area contributed by atoms with Gasteiger partial charge in [0.25, 0.3) is 0 Å². The van der Waals surface area contributed by atoms with E-state index < -0.39 is 11.9 Å². The van der Waals surface area contributed by atoms with Crippen LogP contribution >= 0.6 is 0 Å². The maximum absolute atomic E-state index is 13.6. The molecule has 5 heteroatoms. The summed E-state index contributed by atoms with van der Waals surface area (Å²) in [7, 11) is 1.36. The number of aromatic amines is 1. The van der Waals surface area contributed by atoms with E-state index in [1.54, 1.807) is 18.3 Å². The molecule has 31 heavy (non-hydrogen) atoms. The lowest BCUT2D eigenvalue weighted by atomic mass is 9.85. The van der Waals surface area contributed by atoms with Crippen LogP contribution in [0.25, 0.3) is 10.9 Å². The van der Waals surface area contributed by atoms with Gasteiger partial charge in [0.2, 0.25) is 0 Å². The first-order valence-electron chi connectivity index (χ1n) is 10.00. The molecule has 4 rings (SSSR count). The molecule has 0 fully saturated rings. The minimum Gasteiger partial charge on any atom is -0.466 e. The molecule has 0 spiro atoms. The number of esters is 1. The number of H-pyrrole nitrogens is 1. The number of aromatic nitrogens is 1. The number of carbonyl (C=O) groups is 1. The van der Waals surface area contributed by atoms with E-state index in [1.807, 2.05) is 61.7 Å². The van der Waals surface area contributed by atoms with Gasteiger partial charge in [-0.25, -0.2) is 9.18 Å². The van der Waals surface area contributed by atoms with Gasteiger partial charge in [-0.2, -0.15) is 0 Å². The summed E-state index contributed by atoms with van der Waals surface area (Å²) in [6.07, 6.45) is 3.56. The zero-order chi connectivity index (χ0) is 21.8. The fourth-order valence-corrected chi connectivity index (χ4v) is 3.70. The molecule has 0 aliphatic heterocycles.